The molecule has 0 bridgehead atoms. The molecule has 1 aromatic heterocycles. The molecule has 158 valence electrons. The number of methoxy groups -OCH3 is 1. The van der Waals surface area contributed by atoms with Crippen LogP contribution in [0, 0.1) is 10.1 Å². The second kappa shape index (κ2) is 8.00. The summed E-state index contributed by atoms with van der Waals surface area (Å²) in [4.78, 5) is 28.6. The zero-order valence-corrected chi connectivity index (χ0v) is 16.3. The van der Waals surface area contributed by atoms with Crippen molar-refractivity contribution in [3.63, 3.8) is 0 Å². The highest BCUT2D eigenvalue weighted by atomic mass is 16.7. The Hall–Kier alpha value is -4.05. The van der Waals surface area contributed by atoms with Crippen LogP contribution in [0.15, 0.2) is 70.3 Å². The summed E-state index contributed by atoms with van der Waals surface area (Å²) in [7, 11) is 1.15. The maximum atomic E-state index is 12.6. The lowest BCUT2D eigenvalue weighted by atomic mass is 9.87. The molecule has 1 aliphatic heterocycles. The van der Waals surface area contributed by atoms with Crippen molar-refractivity contribution < 1.29 is 28.9 Å². The molecule has 0 saturated heterocycles. The Morgan fingerprint density at radius 3 is 2.65 bits per heavy atom. The number of aromatic nitrogens is 1. The quantitative estimate of drug-likeness (QED) is 0.363. The van der Waals surface area contributed by atoms with Crippen molar-refractivity contribution in [2.45, 2.75) is 18.1 Å². The van der Waals surface area contributed by atoms with E-state index in [4.69, 9.17) is 14.1 Å². The van der Waals surface area contributed by atoms with Gasteiger partial charge in [-0.05, 0) is 0 Å². The van der Waals surface area contributed by atoms with Crippen molar-refractivity contribution in [1.29, 1.82) is 0 Å². The number of hydrogen-bond acceptors (Lipinski definition) is 9. The monoisotopic (exact) mass is 423 g/mol. The zero-order valence-electron chi connectivity index (χ0n) is 16.3. The van der Waals surface area contributed by atoms with Crippen molar-refractivity contribution in [2.24, 2.45) is 5.16 Å². The van der Waals surface area contributed by atoms with Crippen molar-refractivity contribution in [3.8, 4) is 11.3 Å². The third kappa shape index (κ3) is 3.64. The minimum Gasteiger partial charge on any atom is -0.466 e. The lowest BCUT2D eigenvalue weighted by Crippen LogP contribution is -2.45. The molecule has 4 rings (SSSR count). The van der Waals surface area contributed by atoms with Crippen molar-refractivity contribution in [1.82, 2.24) is 5.16 Å². The molecule has 1 N–H and O–H groups in total. The Labute approximate surface area is 175 Å². The Kier molecular flexibility index (Phi) is 5.22. The van der Waals surface area contributed by atoms with E-state index in [0.717, 1.165) is 12.7 Å². The van der Waals surface area contributed by atoms with E-state index in [1.54, 1.807) is 6.07 Å². The van der Waals surface area contributed by atoms with Gasteiger partial charge in [0, 0.05) is 29.3 Å². The molecule has 0 amide bonds. The van der Waals surface area contributed by atoms with Crippen LogP contribution in [-0.4, -0.2) is 39.6 Å². The molecule has 0 radical (unpaired) electrons. The summed E-state index contributed by atoms with van der Waals surface area (Å²) in [5.41, 5.74) is -0.211. The second-order valence-corrected chi connectivity index (χ2v) is 6.88. The number of nitrogens with zero attached hydrogens (tertiary/aromatic N) is 3. The Bertz CT molecular complexity index is 1160. The summed E-state index contributed by atoms with van der Waals surface area (Å²) < 4.78 is 10.1. The van der Waals surface area contributed by atoms with Crippen LogP contribution in [0.3, 0.4) is 0 Å². The summed E-state index contributed by atoms with van der Waals surface area (Å²) in [6.45, 7) is 0. The topological polar surface area (TPSA) is 137 Å². The molecule has 3 aromatic rings. The number of carbonyl (C=O) groups is 1. The lowest BCUT2D eigenvalue weighted by molar-refractivity contribution is -0.384. The maximum Gasteiger partial charge on any atom is 0.356 e. The van der Waals surface area contributed by atoms with Crippen LogP contribution in [0.4, 0.5) is 5.69 Å². The van der Waals surface area contributed by atoms with Crippen LogP contribution in [-0.2, 0) is 14.4 Å². The number of nitro benzene ring substituents is 1. The first-order chi connectivity index (χ1) is 14.9. The fourth-order valence-corrected chi connectivity index (χ4v) is 3.34. The smallest absolute Gasteiger partial charge is 0.356 e. The highest BCUT2D eigenvalue weighted by Crippen LogP contribution is 2.40. The van der Waals surface area contributed by atoms with E-state index in [-0.39, 0.29) is 23.6 Å². The largest absolute Gasteiger partial charge is 0.466 e. The van der Waals surface area contributed by atoms with Crippen LogP contribution in [0.25, 0.3) is 11.3 Å². The second-order valence-electron chi connectivity index (χ2n) is 6.88. The van der Waals surface area contributed by atoms with E-state index in [2.05, 4.69) is 10.3 Å². The van der Waals surface area contributed by atoms with Gasteiger partial charge in [0.1, 0.15) is 5.69 Å². The lowest BCUT2D eigenvalue weighted by Gasteiger charge is -2.26. The number of aliphatic hydroxyl groups excluding tert-OH is 1. The van der Waals surface area contributed by atoms with E-state index >= 15 is 0 Å². The summed E-state index contributed by atoms with van der Waals surface area (Å²) in [5.74, 6) is -0.887. The van der Waals surface area contributed by atoms with Crippen LogP contribution < -0.4 is 0 Å². The van der Waals surface area contributed by atoms with Crippen molar-refractivity contribution in [2.75, 3.05) is 7.11 Å². The number of ether oxygens (including phenoxy) is 1. The number of carbonyl (C=O) groups excluding carboxylic acids is 1. The van der Waals surface area contributed by atoms with Gasteiger partial charge in [-0.1, -0.05) is 52.8 Å². The van der Waals surface area contributed by atoms with Gasteiger partial charge in [-0.3, -0.25) is 10.1 Å². The van der Waals surface area contributed by atoms with E-state index in [1.165, 1.54) is 24.3 Å². The number of benzene rings is 2. The average molecular weight is 423 g/mol. The summed E-state index contributed by atoms with van der Waals surface area (Å²) >= 11 is 0. The Morgan fingerprint density at radius 1 is 1.19 bits per heavy atom. The number of aliphatic hydroxyl groups is 1. The number of non-ortho nitro benzene ring substituents is 1. The van der Waals surface area contributed by atoms with Gasteiger partial charge in [0.15, 0.2) is 11.9 Å². The zero-order chi connectivity index (χ0) is 22.0. The third-order valence-corrected chi connectivity index (χ3v) is 4.98. The molecule has 2 unspecified atom stereocenters. The first-order valence-corrected chi connectivity index (χ1v) is 9.23. The van der Waals surface area contributed by atoms with Gasteiger partial charge in [0.25, 0.3) is 11.3 Å². The number of esters is 1. The van der Waals surface area contributed by atoms with Crippen molar-refractivity contribution in [3.05, 3.63) is 82.1 Å². The van der Waals surface area contributed by atoms with Crippen LogP contribution in [0.1, 0.15) is 23.8 Å². The van der Waals surface area contributed by atoms with Crippen LogP contribution in [0.5, 0.6) is 0 Å². The molecule has 2 heterocycles. The van der Waals surface area contributed by atoms with Gasteiger partial charge >= 0.3 is 5.97 Å². The van der Waals surface area contributed by atoms with Gasteiger partial charge in [-0.25, -0.2) is 4.79 Å². The first kappa shape index (κ1) is 20.2. The van der Waals surface area contributed by atoms with E-state index in [0.29, 0.717) is 11.3 Å². The molecule has 2 atom stereocenters. The van der Waals surface area contributed by atoms with E-state index < -0.39 is 22.6 Å². The molecule has 10 nitrogen and oxygen atoms in total. The molecule has 0 fully saturated rings. The number of oxime groups is 1. The first-order valence-electron chi connectivity index (χ1n) is 9.23. The molecule has 0 aliphatic carbocycles. The predicted octanol–water partition coefficient (Wildman–Crippen LogP) is 3.02. The molecule has 0 spiro atoms. The van der Waals surface area contributed by atoms with E-state index in [1.807, 2.05) is 30.3 Å². The number of rotatable bonds is 6. The van der Waals surface area contributed by atoms with Crippen LogP contribution in [0.2, 0.25) is 0 Å². The van der Waals surface area contributed by atoms with Gasteiger partial charge in [0.2, 0.25) is 0 Å². The molecular formula is C21H17N3O7. The molecule has 10 heteroatoms. The minimum atomic E-state index is -1.93. The van der Waals surface area contributed by atoms with Gasteiger partial charge in [0.05, 0.1) is 24.2 Å². The van der Waals surface area contributed by atoms with Gasteiger partial charge in [-0.15, -0.1) is 0 Å². The molecule has 2 aromatic carbocycles. The minimum absolute atomic E-state index is 0.0141. The SMILES string of the molecule is COC(=O)C1(C(O)c2cc(-c3ccccc3)no2)CC(c2cccc([N+](=O)[O-])c2)=NO1. The fraction of sp³-hybridized carbons (Fsp3) is 0.190. The van der Waals surface area contributed by atoms with Crippen molar-refractivity contribution >= 4 is 17.4 Å². The van der Waals surface area contributed by atoms with Crippen LogP contribution >= 0.6 is 0 Å². The van der Waals surface area contributed by atoms with Gasteiger partial charge < -0.3 is 19.2 Å². The highest BCUT2D eigenvalue weighted by molar-refractivity contribution is 6.05. The third-order valence-electron chi connectivity index (χ3n) is 4.98. The van der Waals surface area contributed by atoms with E-state index in [9.17, 15) is 20.0 Å². The maximum absolute atomic E-state index is 12.6. The fourth-order valence-electron chi connectivity index (χ4n) is 3.34. The number of nitro groups is 1. The Morgan fingerprint density at radius 2 is 1.94 bits per heavy atom. The standard InChI is InChI=1S/C21H17N3O7/c1-29-20(26)21(12-17(23-31-21)14-8-5-9-15(10-14)24(27)28)19(25)18-11-16(22-30-18)13-6-3-2-4-7-13/h2-11,19,25H,12H2,1H3. The summed E-state index contributed by atoms with van der Waals surface area (Å²) in [5, 5.41) is 29.9. The highest BCUT2D eigenvalue weighted by Gasteiger charge is 2.56. The molecule has 1 aliphatic rings. The average Bonchev–Trinajstić information content (AvgIpc) is 3.47. The molecule has 0 saturated carbocycles. The Balaban J connectivity index is 1.64. The molecule has 31 heavy (non-hydrogen) atoms. The summed E-state index contributed by atoms with van der Waals surface area (Å²) in [6, 6.07) is 16.4. The predicted molar refractivity (Wildman–Crippen MR) is 107 cm³/mol. The number of hydrogen-bond donors (Lipinski definition) is 1. The normalized spacial score (nSPS) is 18.7. The summed E-state index contributed by atoms with van der Waals surface area (Å²) in [6.07, 6.45) is -1.78. The molecular weight excluding hydrogens is 406 g/mol. The van der Waals surface area contributed by atoms with Gasteiger partial charge in [-0.2, -0.15) is 0 Å².